The van der Waals surface area contributed by atoms with Gasteiger partial charge < -0.3 is 4.42 Å². The van der Waals surface area contributed by atoms with E-state index >= 15 is 0 Å². The van der Waals surface area contributed by atoms with Gasteiger partial charge in [0.25, 0.3) is 0 Å². The van der Waals surface area contributed by atoms with Crippen LogP contribution in [0.15, 0.2) is 22.6 Å². The number of halogens is 1. The van der Waals surface area contributed by atoms with Crippen LogP contribution in [0.25, 0.3) is 6.08 Å². The van der Waals surface area contributed by atoms with Gasteiger partial charge in [0, 0.05) is 6.08 Å². The molecule has 1 aromatic heterocycles. The highest BCUT2D eigenvalue weighted by Gasteiger charge is 1.93. The fourth-order valence-electron chi connectivity index (χ4n) is 0.691. The minimum atomic E-state index is -0.501. The third-order valence-corrected chi connectivity index (χ3v) is 1.27. The van der Waals surface area contributed by atoms with Crippen molar-refractivity contribution in [2.24, 2.45) is 0 Å². The highest BCUT2D eigenvalue weighted by atomic mass is 35.5. The summed E-state index contributed by atoms with van der Waals surface area (Å²) in [6, 6.07) is 3.59. The van der Waals surface area contributed by atoms with Gasteiger partial charge >= 0.3 is 0 Å². The Kier molecular flexibility index (Phi) is 2.49. The average molecular weight is 171 g/mol. The summed E-state index contributed by atoms with van der Waals surface area (Å²) in [7, 11) is 0. The van der Waals surface area contributed by atoms with Crippen molar-refractivity contribution in [3.05, 3.63) is 29.7 Å². The molecule has 0 bridgehead atoms. The maximum absolute atomic E-state index is 10.3. The van der Waals surface area contributed by atoms with Gasteiger partial charge in [0.1, 0.15) is 11.5 Å². The van der Waals surface area contributed by atoms with Crippen molar-refractivity contribution in [3.63, 3.8) is 0 Å². The summed E-state index contributed by atoms with van der Waals surface area (Å²) in [5.74, 6) is 1.45. The Morgan fingerprint density at radius 2 is 2.36 bits per heavy atom. The van der Waals surface area contributed by atoms with Crippen LogP contribution < -0.4 is 0 Å². The number of carbonyl (C=O) groups excluding carboxylic acids is 1. The normalized spacial score (nSPS) is 10.7. The van der Waals surface area contributed by atoms with Gasteiger partial charge in [-0.2, -0.15) is 0 Å². The molecule has 0 aliphatic heterocycles. The van der Waals surface area contributed by atoms with Crippen LogP contribution in [0.1, 0.15) is 11.5 Å². The zero-order valence-electron chi connectivity index (χ0n) is 6.00. The Hall–Kier alpha value is -1.02. The quantitative estimate of drug-likeness (QED) is 0.504. The second-order valence-electron chi connectivity index (χ2n) is 2.09. The molecule has 0 aromatic carbocycles. The van der Waals surface area contributed by atoms with Crippen molar-refractivity contribution in [1.82, 2.24) is 0 Å². The Morgan fingerprint density at radius 3 is 2.82 bits per heavy atom. The van der Waals surface area contributed by atoms with E-state index in [9.17, 15) is 4.79 Å². The topological polar surface area (TPSA) is 30.2 Å². The van der Waals surface area contributed by atoms with Crippen LogP contribution in [-0.4, -0.2) is 5.24 Å². The van der Waals surface area contributed by atoms with E-state index in [-0.39, 0.29) is 0 Å². The minimum Gasteiger partial charge on any atom is -0.462 e. The predicted molar refractivity (Wildman–Crippen MR) is 43.3 cm³/mol. The Bertz CT molecular complexity index is 286. The smallest absolute Gasteiger partial charge is 0.245 e. The first-order valence-corrected chi connectivity index (χ1v) is 3.50. The third kappa shape index (κ3) is 2.60. The summed E-state index contributed by atoms with van der Waals surface area (Å²) in [6.07, 6.45) is 2.78. The number of hydrogen-bond donors (Lipinski definition) is 0. The maximum Gasteiger partial charge on any atom is 0.245 e. The second kappa shape index (κ2) is 3.39. The van der Waals surface area contributed by atoms with Gasteiger partial charge in [-0.25, -0.2) is 0 Å². The lowest BCUT2D eigenvalue weighted by Crippen LogP contribution is -1.73. The number of aryl methyl sites for hydroxylation is 1. The number of hydrogen-bond acceptors (Lipinski definition) is 2. The lowest BCUT2D eigenvalue weighted by atomic mass is 10.4. The van der Waals surface area contributed by atoms with E-state index in [1.54, 1.807) is 6.07 Å². The van der Waals surface area contributed by atoms with E-state index in [2.05, 4.69) is 0 Å². The summed E-state index contributed by atoms with van der Waals surface area (Å²) >= 11 is 5.07. The van der Waals surface area contributed by atoms with E-state index in [4.69, 9.17) is 16.0 Å². The monoisotopic (exact) mass is 170 g/mol. The highest BCUT2D eigenvalue weighted by molar-refractivity contribution is 6.66. The number of furan rings is 1. The van der Waals surface area contributed by atoms with Crippen molar-refractivity contribution >= 4 is 22.9 Å². The molecule has 0 saturated carbocycles. The largest absolute Gasteiger partial charge is 0.462 e. The summed E-state index contributed by atoms with van der Waals surface area (Å²) < 4.78 is 5.14. The SMILES string of the molecule is Cc1ccc(/C=C/C(=O)Cl)o1. The highest BCUT2D eigenvalue weighted by Crippen LogP contribution is 2.07. The predicted octanol–water partition coefficient (Wildman–Crippen LogP) is 2.37. The molecule has 1 aromatic rings. The number of allylic oxidation sites excluding steroid dienone is 1. The molecule has 0 saturated heterocycles. The van der Waals surface area contributed by atoms with Gasteiger partial charge in [-0.1, -0.05) is 0 Å². The van der Waals surface area contributed by atoms with Crippen molar-refractivity contribution in [3.8, 4) is 0 Å². The fraction of sp³-hybridized carbons (Fsp3) is 0.125. The molecule has 0 N–H and O–H groups in total. The molecule has 1 rings (SSSR count). The molecule has 0 unspecified atom stereocenters. The molecule has 0 amide bonds. The van der Waals surface area contributed by atoms with Gasteiger partial charge in [-0.05, 0) is 36.7 Å². The summed E-state index contributed by atoms with van der Waals surface area (Å²) in [6.45, 7) is 1.83. The molecule has 0 atom stereocenters. The van der Waals surface area contributed by atoms with E-state index in [1.165, 1.54) is 12.2 Å². The molecule has 0 aliphatic rings. The first-order chi connectivity index (χ1) is 5.18. The summed E-state index contributed by atoms with van der Waals surface area (Å²) in [5.41, 5.74) is 0. The van der Waals surface area contributed by atoms with Crippen LogP contribution in [0, 0.1) is 6.92 Å². The summed E-state index contributed by atoms with van der Waals surface area (Å²) in [4.78, 5) is 10.3. The molecule has 0 radical (unpaired) electrons. The minimum absolute atomic E-state index is 0.501. The Balaban J connectivity index is 2.71. The van der Waals surface area contributed by atoms with Crippen molar-refractivity contribution in [2.75, 3.05) is 0 Å². The molecule has 11 heavy (non-hydrogen) atoms. The first-order valence-electron chi connectivity index (χ1n) is 3.12. The van der Waals surface area contributed by atoms with Gasteiger partial charge in [0.2, 0.25) is 5.24 Å². The molecule has 3 heteroatoms. The van der Waals surface area contributed by atoms with Crippen LogP contribution in [0.4, 0.5) is 0 Å². The fourth-order valence-corrected chi connectivity index (χ4v) is 0.754. The van der Waals surface area contributed by atoms with Gasteiger partial charge in [-0.3, -0.25) is 4.79 Å². The van der Waals surface area contributed by atoms with Gasteiger partial charge in [-0.15, -0.1) is 0 Å². The maximum atomic E-state index is 10.3. The average Bonchev–Trinajstić information content (AvgIpc) is 2.31. The summed E-state index contributed by atoms with van der Waals surface area (Å²) in [5, 5.41) is -0.501. The Morgan fingerprint density at radius 1 is 1.64 bits per heavy atom. The van der Waals surface area contributed by atoms with Crippen LogP contribution in [0.2, 0.25) is 0 Å². The molecular weight excluding hydrogens is 164 g/mol. The van der Waals surface area contributed by atoms with E-state index < -0.39 is 5.24 Å². The van der Waals surface area contributed by atoms with Crippen molar-refractivity contribution < 1.29 is 9.21 Å². The van der Waals surface area contributed by atoms with Crippen LogP contribution in [0.5, 0.6) is 0 Å². The zero-order valence-corrected chi connectivity index (χ0v) is 6.76. The second-order valence-corrected chi connectivity index (χ2v) is 2.46. The van der Waals surface area contributed by atoms with E-state index in [0.717, 1.165) is 5.76 Å². The molecule has 58 valence electrons. The van der Waals surface area contributed by atoms with Crippen molar-refractivity contribution in [2.45, 2.75) is 6.92 Å². The van der Waals surface area contributed by atoms with Crippen LogP contribution in [0.3, 0.4) is 0 Å². The molecule has 2 nitrogen and oxygen atoms in total. The van der Waals surface area contributed by atoms with E-state index in [1.807, 2.05) is 13.0 Å². The van der Waals surface area contributed by atoms with Gasteiger partial charge in [0.05, 0.1) is 0 Å². The van der Waals surface area contributed by atoms with E-state index in [0.29, 0.717) is 5.76 Å². The lowest BCUT2D eigenvalue weighted by Gasteiger charge is -1.81. The number of rotatable bonds is 2. The van der Waals surface area contributed by atoms with Crippen LogP contribution >= 0.6 is 11.6 Å². The Labute approximate surface area is 69.5 Å². The van der Waals surface area contributed by atoms with Gasteiger partial charge in [0.15, 0.2) is 0 Å². The zero-order chi connectivity index (χ0) is 8.27. The first kappa shape index (κ1) is 8.08. The van der Waals surface area contributed by atoms with Crippen molar-refractivity contribution in [1.29, 1.82) is 0 Å². The lowest BCUT2D eigenvalue weighted by molar-refractivity contribution is -0.107. The standard InChI is InChI=1S/C8H7ClO2/c1-6-2-3-7(11-6)4-5-8(9)10/h2-5H,1H3/b5-4+. The molecule has 0 spiro atoms. The third-order valence-electron chi connectivity index (χ3n) is 1.14. The number of carbonyl (C=O) groups is 1. The molecule has 1 heterocycles. The molecule has 0 aliphatic carbocycles. The van der Waals surface area contributed by atoms with Crippen LogP contribution in [-0.2, 0) is 4.79 Å². The molecular formula is C8H7ClO2. The molecule has 0 fully saturated rings.